The molecule has 7 nitrogen and oxygen atoms in total. The molecule has 3 aliphatic heterocycles. The van der Waals surface area contributed by atoms with E-state index in [1.54, 1.807) is 16.2 Å². The lowest BCUT2D eigenvalue weighted by Gasteiger charge is -2.42. The molecule has 2 aromatic carbocycles. The second-order valence-corrected chi connectivity index (χ2v) is 9.01. The molecule has 0 atom stereocenters. The van der Waals surface area contributed by atoms with Gasteiger partial charge in [0.05, 0.1) is 31.1 Å². The van der Waals surface area contributed by atoms with Gasteiger partial charge in [0, 0.05) is 59.2 Å². The largest absolute Gasteiger partial charge is 0.400 e. The van der Waals surface area contributed by atoms with E-state index < -0.39 is 5.41 Å². The molecular formula is C22H22N4O3S2. The molecule has 0 aliphatic carbocycles. The van der Waals surface area contributed by atoms with Gasteiger partial charge in [0.1, 0.15) is 5.41 Å². The zero-order chi connectivity index (χ0) is 21.4. The second kappa shape index (κ2) is 8.23. The highest BCUT2D eigenvalue weighted by atomic mass is 32.2. The molecule has 0 bridgehead atoms. The Morgan fingerprint density at radius 3 is 2.71 bits per heavy atom. The van der Waals surface area contributed by atoms with E-state index in [0.29, 0.717) is 32.0 Å². The number of anilines is 2. The molecule has 0 unspecified atom stereocenters. The summed E-state index contributed by atoms with van der Waals surface area (Å²) in [6, 6.07) is 15.9. The first-order valence-electron chi connectivity index (χ1n) is 9.88. The third kappa shape index (κ3) is 3.71. The van der Waals surface area contributed by atoms with E-state index in [1.807, 2.05) is 54.8 Å². The maximum Gasteiger partial charge on any atom is 0.238 e. The maximum atomic E-state index is 13.4. The summed E-state index contributed by atoms with van der Waals surface area (Å²) in [6.45, 7) is 1.68. The zero-order valence-electron chi connectivity index (χ0n) is 17.0. The topological polar surface area (TPSA) is 80.2 Å². The maximum absolute atomic E-state index is 13.4. The number of fused-ring (bicyclic) bond motifs is 1. The highest BCUT2D eigenvalue weighted by Gasteiger charge is 2.50. The van der Waals surface area contributed by atoms with Crippen molar-refractivity contribution < 1.29 is 13.8 Å². The van der Waals surface area contributed by atoms with Gasteiger partial charge in [-0.1, -0.05) is 30.3 Å². The number of hydrogen-bond acceptors (Lipinski definition) is 8. The molecule has 2 N–H and O–H groups in total. The number of benzene rings is 2. The van der Waals surface area contributed by atoms with E-state index >= 15 is 0 Å². The van der Waals surface area contributed by atoms with Gasteiger partial charge in [-0.05, 0) is 23.8 Å². The average molecular weight is 455 g/mol. The van der Waals surface area contributed by atoms with Gasteiger partial charge < -0.3 is 15.4 Å². The van der Waals surface area contributed by atoms with Gasteiger partial charge in [-0.3, -0.25) is 4.79 Å². The van der Waals surface area contributed by atoms with Gasteiger partial charge in [0.15, 0.2) is 0 Å². The van der Waals surface area contributed by atoms with Crippen molar-refractivity contribution in [2.45, 2.75) is 10.3 Å². The van der Waals surface area contributed by atoms with E-state index in [-0.39, 0.29) is 5.91 Å². The van der Waals surface area contributed by atoms with Crippen LogP contribution in [0.2, 0.25) is 0 Å². The van der Waals surface area contributed by atoms with Gasteiger partial charge in [-0.25, -0.2) is 9.46 Å². The summed E-state index contributed by atoms with van der Waals surface area (Å²) in [4.78, 5) is 16.2. The summed E-state index contributed by atoms with van der Waals surface area (Å²) >= 11 is 2.68. The summed E-state index contributed by atoms with van der Waals surface area (Å²) in [7, 11) is 0. The molecule has 2 aromatic rings. The molecule has 0 aromatic heterocycles. The van der Waals surface area contributed by atoms with E-state index in [4.69, 9.17) is 14.8 Å². The van der Waals surface area contributed by atoms with Crippen LogP contribution in [0.4, 0.5) is 11.4 Å². The van der Waals surface area contributed by atoms with Crippen LogP contribution in [0, 0.1) is 0 Å². The zero-order valence-corrected chi connectivity index (χ0v) is 18.6. The van der Waals surface area contributed by atoms with Gasteiger partial charge in [0.25, 0.3) is 0 Å². The molecule has 3 heterocycles. The normalized spacial score (nSPS) is 19.0. The minimum absolute atomic E-state index is 0.0592. The quantitative estimate of drug-likeness (QED) is 0.297. The SMILES string of the molecule is CSON1c2ccc(SN=CC3=C(N)CN(C(=O)C4(c5ccccc5)COC4)C3)cc21. The number of carbonyl (C=O) groups is 1. The standard InChI is InChI=1S/C22H22N4O3S2/c1-30-29-26-19-8-7-17(9-20(19)26)31-24-10-15-11-25(12-18(15)23)21(27)22(13-28-14-22)16-5-3-2-4-6-16/h2-10H,11-14,23H2,1H3. The Hall–Kier alpha value is -2.46. The van der Waals surface area contributed by atoms with Crippen LogP contribution in [-0.4, -0.2) is 49.6 Å². The second-order valence-electron chi connectivity index (χ2n) is 7.66. The summed E-state index contributed by atoms with van der Waals surface area (Å²) in [5, 5.41) is 1.78. The van der Waals surface area contributed by atoms with E-state index in [2.05, 4.69) is 4.40 Å². The van der Waals surface area contributed by atoms with Gasteiger partial charge in [0.2, 0.25) is 5.91 Å². The highest BCUT2D eigenvalue weighted by molar-refractivity contribution is 7.98. The average Bonchev–Trinajstić information content (AvgIpc) is 3.30. The first kappa shape index (κ1) is 20.4. The van der Waals surface area contributed by atoms with Crippen molar-refractivity contribution in [2.75, 3.05) is 37.6 Å². The molecule has 1 fully saturated rings. The van der Waals surface area contributed by atoms with Crippen LogP contribution in [0.15, 0.2) is 69.1 Å². The number of rotatable bonds is 7. The number of amides is 1. The fourth-order valence-corrected chi connectivity index (χ4v) is 4.79. The van der Waals surface area contributed by atoms with Crippen LogP contribution in [0.1, 0.15) is 5.56 Å². The van der Waals surface area contributed by atoms with Gasteiger partial charge in [-0.2, -0.15) is 4.28 Å². The third-order valence-electron chi connectivity index (χ3n) is 5.70. The minimum Gasteiger partial charge on any atom is -0.400 e. The molecule has 3 aliphatic rings. The lowest BCUT2D eigenvalue weighted by molar-refractivity contribution is -0.155. The van der Waals surface area contributed by atoms with E-state index in [9.17, 15) is 4.79 Å². The van der Waals surface area contributed by atoms with Crippen molar-refractivity contribution in [3.05, 3.63) is 65.4 Å². The van der Waals surface area contributed by atoms with E-state index in [1.165, 1.54) is 24.0 Å². The molecule has 1 amide bonds. The molecule has 9 heteroatoms. The van der Waals surface area contributed by atoms with Crippen molar-refractivity contribution in [1.29, 1.82) is 0 Å². The lowest BCUT2D eigenvalue weighted by Crippen LogP contribution is -2.58. The smallest absolute Gasteiger partial charge is 0.238 e. The van der Waals surface area contributed by atoms with Crippen LogP contribution < -0.4 is 10.8 Å². The lowest BCUT2D eigenvalue weighted by atomic mass is 9.77. The molecule has 0 spiro atoms. The van der Waals surface area contributed by atoms with Crippen LogP contribution >= 0.6 is 24.0 Å². The predicted molar refractivity (Wildman–Crippen MR) is 124 cm³/mol. The van der Waals surface area contributed by atoms with Crippen LogP contribution in [-0.2, 0) is 19.2 Å². The van der Waals surface area contributed by atoms with Crippen molar-refractivity contribution in [2.24, 2.45) is 10.1 Å². The Balaban J connectivity index is 1.22. The number of carbonyl (C=O) groups excluding carboxylic acids is 1. The third-order valence-corrected chi connectivity index (χ3v) is 6.68. The summed E-state index contributed by atoms with van der Waals surface area (Å²) in [5.41, 5.74) is 10.3. The van der Waals surface area contributed by atoms with Crippen LogP contribution in [0.5, 0.6) is 0 Å². The van der Waals surface area contributed by atoms with E-state index in [0.717, 1.165) is 27.4 Å². The first-order valence-corrected chi connectivity index (χ1v) is 11.8. The number of ether oxygens (including phenoxy) is 1. The molecule has 0 radical (unpaired) electrons. The van der Waals surface area contributed by atoms with Crippen LogP contribution in [0.3, 0.4) is 0 Å². The number of nitrogens with zero attached hydrogens (tertiary/aromatic N) is 3. The van der Waals surface area contributed by atoms with Crippen molar-refractivity contribution in [3.8, 4) is 0 Å². The molecule has 31 heavy (non-hydrogen) atoms. The Morgan fingerprint density at radius 2 is 2.00 bits per heavy atom. The minimum atomic E-state index is -0.610. The Bertz CT molecular complexity index is 1070. The molecule has 160 valence electrons. The highest BCUT2D eigenvalue weighted by Crippen LogP contribution is 2.50. The Kier molecular flexibility index (Phi) is 5.43. The summed E-state index contributed by atoms with van der Waals surface area (Å²) in [6.07, 6.45) is 3.65. The molecular weight excluding hydrogens is 432 g/mol. The summed E-state index contributed by atoms with van der Waals surface area (Å²) in [5.74, 6) is 0.0592. The summed E-state index contributed by atoms with van der Waals surface area (Å²) < 4.78 is 15.3. The Morgan fingerprint density at radius 1 is 1.19 bits per heavy atom. The van der Waals surface area contributed by atoms with Gasteiger partial charge >= 0.3 is 0 Å². The number of nitrogens with two attached hydrogens (primary N) is 1. The molecule has 1 saturated heterocycles. The monoisotopic (exact) mass is 454 g/mol. The predicted octanol–water partition coefficient (Wildman–Crippen LogP) is 3.45. The van der Waals surface area contributed by atoms with Crippen molar-refractivity contribution in [3.63, 3.8) is 0 Å². The molecule has 5 rings (SSSR count). The fraction of sp³-hybridized carbons (Fsp3) is 0.273. The van der Waals surface area contributed by atoms with Crippen molar-refractivity contribution in [1.82, 2.24) is 4.90 Å². The van der Waals surface area contributed by atoms with Crippen LogP contribution in [0.25, 0.3) is 0 Å². The molecule has 0 saturated carbocycles. The number of hydrogen-bond donors (Lipinski definition) is 1. The van der Waals surface area contributed by atoms with Gasteiger partial charge in [-0.15, -0.1) is 0 Å². The van der Waals surface area contributed by atoms with Crippen molar-refractivity contribution >= 4 is 47.5 Å². The fourth-order valence-electron chi connectivity index (χ4n) is 3.88. The first-order chi connectivity index (χ1) is 15.1. The Labute approximate surface area is 189 Å².